The first-order chi connectivity index (χ1) is 11.1. The second-order valence-corrected chi connectivity index (χ2v) is 7.93. The summed E-state index contributed by atoms with van der Waals surface area (Å²) in [6.45, 7) is 0. The Morgan fingerprint density at radius 1 is 1.08 bits per heavy atom. The molecule has 3 nitrogen and oxygen atoms in total. The summed E-state index contributed by atoms with van der Waals surface area (Å²) >= 11 is 18.5. The first-order valence-electron chi connectivity index (χ1n) is 6.43. The van der Waals surface area contributed by atoms with Crippen LogP contribution in [0.25, 0.3) is 0 Å². The van der Waals surface area contributed by atoms with E-state index in [4.69, 9.17) is 34.8 Å². The summed E-state index contributed by atoms with van der Waals surface area (Å²) in [5.74, 6) is -0.571. The van der Waals surface area contributed by atoms with Crippen molar-refractivity contribution in [2.45, 2.75) is 16.1 Å². The molecular formula is C14H10Cl3F3N2OS. The Balaban J connectivity index is 2.27. The van der Waals surface area contributed by atoms with Crippen molar-refractivity contribution >= 4 is 57.7 Å². The molecule has 2 N–H and O–H groups in total. The molecule has 1 amide bonds. The smallest absolute Gasteiger partial charge is 0.361 e. The molecule has 0 bridgehead atoms. The molecule has 2 rings (SSSR count). The minimum absolute atomic E-state index is 0.312. The van der Waals surface area contributed by atoms with Gasteiger partial charge >= 0.3 is 6.18 Å². The molecule has 0 radical (unpaired) electrons. The highest BCUT2D eigenvalue weighted by Gasteiger charge is 2.38. The Labute approximate surface area is 154 Å². The number of benzene rings is 1. The lowest BCUT2D eigenvalue weighted by Crippen LogP contribution is -2.49. The Morgan fingerprint density at radius 2 is 1.75 bits per heavy atom. The Morgan fingerprint density at radius 3 is 2.29 bits per heavy atom. The highest BCUT2D eigenvalue weighted by atomic mass is 35.6. The predicted molar refractivity (Wildman–Crippen MR) is 90.9 cm³/mol. The van der Waals surface area contributed by atoms with Gasteiger partial charge in [0, 0.05) is 5.69 Å². The molecule has 1 heterocycles. The van der Waals surface area contributed by atoms with E-state index in [0.717, 1.165) is 17.4 Å². The van der Waals surface area contributed by atoms with Crippen LogP contribution in [0.1, 0.15) is 15.2 Å². The third-order valence-corrected chi connectivity index (χ3v) is 4.40. The number of halogens is 6. The first-order valence-corrected chi connectivity index (χ1v) is 8.44. The fourth-order valence-electron chi connectivity index (χ4n) is 1.82. The summed E-state index contributed by atoms with van der Waals surface area (Å²) in [4.78, 5) is 12.4. The maximum absolute atomic E-state index is 13.1. The highest BCUT2D eigenvalue weighted by molar-refractivity contribution is 7.12. The van der Waals surface area contributed by atoms with E-state index in [0.29, 0.717) is 4.88 Å². The zero-order valence-electron chi connectivity index (χ0n) is 11.7. The molecule has 0 aliphatic rings. The number of thiophene rings is 1. The number of hydrogen-bond acceptors (Lipinski definition) is 3. The summed E-state index contributed by atoms with van der Waals surface area (Å²) in [6, 6.07) is 7.90. The molecule has 0 saturated carbocycles. The van der Waals surface area contributed by atoms with E-state index >= 15 is 0 Å². The van der Waals surface area contributed by atoms with Crippen LogP contribution in [0.15, 0.2) is 41.8 Å². The molecule has 0 saturated heterocycles. The molecule has 2 aromatic rings. The van der Waals surface area contributed by atoms with Crippen LogP contribution < -0.4 is 10.6 Å². The average molecular weight is 418 g/mol. The van der Waals surface area contributed by atoms with E-state index in [1.165, 1.54) is 18.2 Å². The highest BCUT2D eigenvalue weighted by Crippen LogP contribution is 2.37. The second kappa shape index (κ2) is 7.39. The van der Waals surface area contributed by atoms with Gasteiger partial charge in [0.05, 0.1) is 10.4 Å². The van der Waals surface area contributed by atoms with Gasteiger partial charge in [-0.2, -0.15) is 13.2 Å². The Bertz CT molecular complexity index is 702. The average Bonchev–Trinajstić information content (AvgIpc) is 2.99. The van der Waals surface area contributed by atoms with Crippen LogP contribution in [0.3, 0.4) is 0 Å². The first kappa shape index (κ1) is 19.2. The molecule has 0 spiro atoms. The lowest BCUT2D eigenvalue weighted by molar-refractivity contribution is -0.137. The van der Waals surface area contributed by atoms with Crippen molar-refractivity contribution in [1.82, 2.24) is 5.32 Å². The summed E-state index contributed by atoms with van der Waals surface area (Å²) in [5, 5.41) is 6.50. The van der Waals surface area contributed by atoms with Crippen LogP contribution in [-0.4, -0.2) is 15.9 Å². The lowest BCUT2D eigenvalue weighted by Gasteiger charge is -2.28. The zero-order chi connectivity index (χ0) is 18.0. The van der Waals surface area contributed by atoms with Gasteiger partial charge in [0.2, 0.25) is 3.79 Å². The molecule has 10 heteroatoms. The van der Waals surface area contributed by atoms with Crippen LogP contribution in [0.2, 0.25) is 0 Å². The number of anilines is 1. The monoisotopic (exact) mass is 416 g/mol. The molecule has 1 aromatic heterocycles. The standard InChI is InChI=1S/C14H10Cl3F3N2OS/c15-13(16,17)12(22-11(23)10-6-3-7-24-10)21-9-5-2-1-4-8(9)14(18,19)20/h1-7,12,21H,(H,22,23). The van der Waals surface area contributed by atoms with Gasteiger partial charge in [0.15, 0.2) is 0 Å². The number of alkyl halides is 6. The third-order valence-electron chi connectivity index (χ3n) is 2.88. The number of rotatable bonds is 4. The van der Waals surface area contributed by atoms with Crippen LogP contribution >= 0.6 is 46.1 Å². The summed E-state index contributed by atoms with van der Waals surface area (Å²) < 4.78 is 37.1. The van der Waals surface area contributed by atoms with E-state index in [1.807, 2.05) is 0 Å². The van der Waals surface area contributed by atoms with Crippen molar-refractivity contribution in [2.24, 2.45) is 0 Å². The van der Waals surface area contributed by atoms with E-state index in [2.05, 4.69) is 10.6 Å². The topological polar surface area (TPSA) is 41.1 Å². The number of hydrogen-bond donors (Lipinski definition) is 2. The molecular weight excluding hydrogens is 408 g/mol. The normalized spacial score (nSPS) is 13.4. The number of carbonyl (C=O) groups excluding carboxylic acids is 1. The van der Waals surface area contributed by atoms with Gasteiger partial charge in [-0.3, -0.25) is 4.79 Å². The molecule has 0 fully saturated rings. The SMILES string of the molecule is O=C(NC(Nc1ccccc1C(F)(F)F)C(Cl)(Cl)Cl)c1cccs1. The van der Waals surface area contributed by atoms with Gasteiger partial charge in [0.1, 0.15) is 6.17 Å². The number of carbonyl (C=O) groups is 1. The predicted octanol–water partition coefficient (Wildman–Crippen LogP) is 5.31. The fraction of sp³-hybridized carbons (Fsp3) is 0.214. The number of nitrogens with one attached hydrogen (secondary N) is 2. The van der Waals surface area contributed by atoms with E-state index in [-0.39, 0.29) is 5.69 Å². The lowest BCUT2D eigenvalue weighted by atomic mass is 10.1. The van der Waals surface area contributed by atoms with Crippen molar-refractivity contribution in [3.63, 3.8) is 0 Å². The minimum Gasteiger partial charge on any atom is -0.361 e. The summed E-state index contributed by atoms with van der Waals surface area (Å²) in [7, 11) is 0. The van der Waals surface area contributed by atoms with Gasteiger partial charge in [0.25, 0.3) is 5.91 Å². The maximum atomic E-state index is 13.1. The summed E-state index contributed by atoms with van der Waals surface area (Å²) in [6.07, 6.45) is -5.97. The van der Waals surface area contributed by atoms with Gasteiger partial charge in [-0.15, -0.1) is 11.3 Å². The van der Waals surface area contributed by atoms with E-state index < -0.39 is 27.6 Å². The zero-order valence-corrected chi connectivity index (χ0v) is 14.8. The molecule has 24 heavy (non-hydrogen) atoms. The van der Waals surface area contributed by atoms with Gasteiger partial charge in [-0.1, -0.05) is 53.0 Å². The fourth-order valence-corrected chi connectivity index (χ4v) is 2.78. The minimum atomic E-state index is -4.60. The van der Waals surface area contributed by atoms with Crippen LogP contribution in [0.4, 0.5) is 18.9 Å². The number of para-hydroxylation sites is 1. The van der Waals surface area contributed by atoms with Crippen molar-refractivity contribution in [3.05, 3.63) is 52.2 Å². The molecule has 130 valence electrons. The molecule has 1 atom stereocenters. The van der Waals surface area contributed by atoms with Crippen molar-refractivity contribution in [1.29, 1.82) is 0 Å². The summed E-state index contributed by atoms with van der Waals surface area (Å²) in [5.41, 5.74) is -1.25. The molecule has 0 aliphatic heterocycles. The van der Waals surface area contributed by atoms with Crippen LogP contribution in [0.5, 0.6) is 0 Å². The van der Waals surface area contributed by atoms with Crippen LogP contribution in [0, 0.1) is 0 Å². The number of amides is 1. The van der Waals surface area contributed by atoms with Crippen molar-refractivity contribution < 1.29 is 18.0 Å². The van der Waals surface area contributed by atoms with Crippen molar-refractivity contribution in [3.8, 4) is 0 Å². The third kappa shape index (κ3) is 4.92. The quantitative estimate of drug-likeness (QED) is 0.523. The molecule has 1 aromatic carbocycles. The largest absolute Gasteiger partial charge is 0.418 e. The van der Waals surface area contributed by atoms with E-state index in [9.17, 15) is 18.0 Å². The van der Waals surface area contributed by atoms with Crippen LogP contribution in [-0.2, 0) is 6.18 Å². The Hall–Kier alpha value is -1.15. The van der Waals surface area contributed by atoms with Gasteiger partial charge in [-0.25, -0.2) is 0 Å². The van der Waals surface area contributed by atoms with Gasteiger partial charge in [-0.05, 0) is 23.6 Å². The van der Waals surface area contributed by atoms with Gasteiger partial charge < -0.3 is 10.6 Å². The van der Waals surface area contributed by atoms with Crippen molar-refractivity contribution in [2.75, 3.05) is 5.32 Å². The maximum Gasteiger partial charge on any atom is 0.418 e. The second-order valence-electron chi connectivity index (χ2n) is 4.61. The molecule has 1 unspecified atom stereocenters. The van der Waals surface area contributed by atoms with E-state index in [1.54, 1.807) is 17.5 Å². The Kier molecular flexibility index (Phi) is 5.91. The molecule has 0 aliphatic carbocycles.